The Hall–Kier alpha value is -2.49. The van der Waals surface area contributed by atoms with Crippen LogP contribution in [0.2, 0.25) is 0 Å². The van der Waals surface area contributed by atoms with Crippen molar-refractivity contribution >= 4 is 5.97 Å². The first-order valence-electron chi connectivity index (χ1n) is 7.31. The molecule has 0 fully saturated rings. The van der Waals surface area contributed by atoms with E-state index >= 15 is 0 Å². The standard InChI is InChI=1S/C18H20O4/c1-3-13(2)22-17-15(18(19)20)10-7-11-16(17)21-12-14-8-5-4-6-9-14/h4-11,13H,3,12H2,1-2H3,(H,19,20). The smallest absolute Gasteiger partial charge is 0.339 e. The third kappa shape index (κ3) is 4.01. The normalized spacial score (nSPS) is 11.7. The van der Waals surface area contributed by atoms with Crippen LogP contribution in [0.5, 0.6) is 11.5 Å². The summed E-state index contributed by atoms with van der Waals surface area (Å²) in [6.07, 6.45) is 0.700. The van der Waals surface area contributed by atoms with Gasteiger partial charge in [-0.1, -0.05) is 43.3 Å². The Balaban J connectivity index is 2.25. The Kier molecular flexibility index (Phi) is 5.42. The molecule has 0 aliphatic rings. The number of rotatable bonds is 7. The first kappa shape index (κ1) is 15.9. The predicted molar refractivity (Wildman–Crippen MR) is 84.6 cm³/mol. The van der Waals surface area contributed by atoms with Crippen molar-refractivity contribution in [1.82, 2.24) is 0 Å². The van der Waals surface area contributed by atoms with Crippen LogP contribution in [0.1, 0.15) is 36.2 Å². The van der Waals surface area contributed by atoms with Crippen molar-refractivity contribution < 1.29 is 19.4 Å². The van der Waals surface area contributed by atoms with Crippen molar-refractivity contribution in [2.45, 2.75) is 33.0 Å². The molecule has 0 saturated carbocycles. The van der Waals surface area contributed by atoms with Crippen molar-refractivity contribution in [3.05, 3.63) is 59.7 Å². The minimum Gasteiger partial charge on any atom is -0.486 e. The average Bonchev–Trinajstić information content (AvgIpc) is 2.54. The molecule has 4 nitrogen and oxygen atoms in total. The highest BCUT2D eigenvalue weighted by Gasteiger charge is 2.18. The number of hydrogen-bond acceptors (Lipinski definition) is 3. The van der Waals surface area contributed by atoms with E-state index < -0.39 is 5.97 Å². The maximum Gasteiger partial charge on any atom is 0.339 e. The Morgan fingerprint density at radius 3 is 2.50 bits per heavy atom. The van der Waals surface area contributed by atoms with E-state index in [1.54, 1.807) is 12.1 Å². The maximum absolute atomic E-state index is 11.4. The Labute approximate surface area is 130 Å². The monoisotopic (exact) mass is 300 g/mol. The van der Waals surface area contributed by atoms with Gasteiger partial charge in [-0.3, -0.25) is 0 Å². The molecular weight excluding hydrogens is 280 g/mol. The van der Waals surface area contributed by atoms with Gasteiger partial charge in [-0.05, 0) is 31.0 Å². The molecular formula is C18H20O4. The second-order valence-corrected chi connectivity index (χ2v) is 5.05. The van der Waals surface area contributed by atoms with Crippen LogP contribution in [0, 0.1) is 0 Å². The fraction of sp³-hybridized carbons (Fsp3) is 0.278. The summed E-state index contributed by atoms with van der Waals surface area (Å²) in [5.74, 6) is -0.284. The van der Waals surface area contributed by atoms with Gasteiger partial charge in [0.2, 0.25) is 0 Å². The van der Waals surface area contributed by atoms with Crippen molar-refractivity contribution in [3.8, 4) is 11.5 Å². The van der Waals surface area contributed by atoms with Crippen LogP contribution >= 0.6 is 0 Å². The van der Waals surface area contributed by atoms with Gasteiger partial charge in [-0.25, -0.2) is 4.79 Å². The largest absolute Gasteiger partial charge is 0.486 e. The van der Waals surface area contributed by atoms with Crippen molar-refractivity contribution in [2.24, 2.45) is 0 Å². The van der Waals surface area contributed by atoms with Gasteiger partial charge in [0.15, 0.2) is 11.5 Å². The van der Waals surface area contributed by atoms with Crippen molar-refractivity contribution in [2.75, 3.05) is 0 Å². The highest BCUT2D eigenvalue weighted by molar-refractivity contribution is 5.92. The van der Waals surface area contributed by atoms with Crippen LogP contribution in [-0.2, 0) is 6.61 Å². The molecule has 2 rings (SSSR count). The Morgan fingerprint density at radius 1 is 1.14 bits per heavy atom. The molecule has 116 valence electrons. The Morgan fingerprint density at radius 2 is 1.86 bits per heavy atom. The average molecular weight is 300 g/mol. The highest BCUT2D eigenvalue weighted by atomic mass is 16.5. The number of para-hydroxylation sites is 1. The van der Waals surface area contributed by atoms with Crippen LogP contribution < -0.4 is 9.47 Å². The van der Waals surface area contributed by atoms with Crippen molar-refractivity contribution in [3.63, 3.8) is 0 Å². The van der Waals surface area contributed by atoms with E-state index in [2.05, 4.69) is 0 Å². The molecule has 1 unspecified atom stereocenters. The van der Waals surface area contributed by atoms with Gasteiger partial charge in [-0.15, -0.1) is 0 Å². The van der Waals surface area contributed by atoms with Crippen LogP contribution in [0.25, 0.3) is 0 Å². The van der Waals surface area contributed by atoms with Gasteiger partial charge in [0.1, 0.15) is 12.2 Å². The van der Waals surface area contributed by atoms with Gasteiger partial charge >= 0.3 is 5.97 Å². The lowest BCUT2D eigenvalue weighted by Gasteiger charge is -2.18. The molecule has 1 atom stereocenters. The lowest BCUT2D eigenvalue weighted by molar-refractivity contribution is 0.0688. The zero-order valence-electron chi connectivity index (χ0n) is 12.8. The lowest BCUT2D eigenvalue weighted by Crippen LogP contribution is -2.14. The molecule has 0 heterocycles. The molecule has 4 heteroatoms. The van der Waals surface area contributed by atoms with Gasteiger partial charge in [0.25, 0.3) is 0 Å². The number of carbonyl (C=O) groups is 1. The third-order valence-electron chi connectivity index (χ3n) is 3.34. The lowest BCUT2D eigenvalue weighted by atomic mass is 10.1. The molecule has 2 aromatic rings. The number of aromatic carboxylic acids is 1. The van der Waals surface area contributed by atoms with E-state index in [1.165, 1.54) is 6.07 Å². The van der Waals surface area contributed by atoms with E-state index in [4.69, 9.17) is 9.47 Å². The summed E-state index contributed by atoms with van der Waals surface area (Å²) in [6.45, 7) is 4.25. The summed E-state index contributed by atoms with van der Waals surface area (Å²) in [4.78, 5) is 11.4. The summed E-state index contributed by atoms with van der Waals surface area (Å²) >= 11 is 0. The molecule has 0 amide bonds. The SMILES string of the molecule is CCC(C)Oc1c(OCc2ccccc2)cccc1C(=O)O. The van der Waals surface area contributed by atoms with Crippen LogP contribution in [-0.4, -0.2) is 17.2 Å². The zero-order chi connectivity index (χ0) is 15.9. The summed E-state index contributed by atoms with van der Waals surface area (Å²) in [5, 5.41) is 9.33. The van der Waals surface area contributed by atoms with E-state index in [-0.39, 0.29) is 11.7 Å². The first-order chi connectivity index (χ1) is 10.6. The van der Waals surface area contributed by atoms with Gasteiger partial charge in [0, 0.05) is 0 Å². The minimum absolute atomic E-state index is 0.0837. The van der Waals surface area contributed by atoms with E-state index in [9.17, 15) is 9.90 Å². The van der Waals surface area contributed by atoms with Crippen LogP contribution in [0.3, 0.4) is 0 Å². The van der Waals surface area contributed by atoms with E-state index in [0.717, 1.165) is 12.0 Å². The first-order valence-corrected chi connectivity index (χ1v) is 7.31. The second kappa shape index (κ2) is 7.50. The molecule has 0 saturated heterocycles. The molecule has 0 bridgehead atoms. The maximum atomic E-state index is 11.4. The zero-order valence-corrected chi connectivity index (χ0v) is 12.8. The van der Waals surface area contributed by atoms with Crippen LogP contribution in [0.15, 0.2) is 48.5 Å². The molecule has 0 aliphatic heterocycles. The molecule has 0 spiro atoms. The number of ether oxygens (including phenoxy) is 2. The van der Waals surface area contributed by atoms with Crippen molar-refractivity contribution in [1.29, 1.82) is 0 Å². The van der Waals surface area contributed by atoms with Gasteiger partial charge < -0.3 is 14.6 Å². The van der Waals surface area contributed by atoms with E-state index in [0.29, 0.717) is 18.1 Å². The number of carboxylic acid groups (broad SMARTS) is 1. The topological polar surface area (TPSA) is 55.8 Å². The molecule has 0 radical (unpaired) electrons. The number of hydrogen-bond donors (Lipinski definition) is 1. The van der Waals surface area contributed by atoms with Crippen LogP contribution in [0.4, 0.5) is 0 Å². The number of carboxylic acids is 1. The molecule has 1 N–H and O–H groups in total. The molecule has 2 aromatic carbocycles. The summed E-state index contributed by atoms with van der Waals surface area (Å²) in [7, 11) is 0. The highest BCUT2D eigenvalue weighted by Crippen LogP contribution is 2.33. The summed E-state index contributed by atoms with van der Waals surface area (Å²) < 4.78 is 11.5. The molecule has 0 aromatic heterocycles. The number of benzene rings is 2. The fourth-order valence-corrected chi connectivity index (χ4v) is 1.94. The van der Waals surface area contributed by atoms with Gasteiger partial charge in [0.05, 0.1) is 6.10 Å². The van der Waals surface area contributed by atoms with E-state index in [1.807, 2.05) is 44.2 Å². The molecule has 22 heavy (non-hydrogen) atoms. The predicted octanol–water partition coefficient (Wildman–Crippen LogP) is 4.14. The quantitative estimate of drug-likeness (QED) is 0.835. The summed E-state index contributed by atoms with van der Waals surface area (Å²) in [6, 6.07) is 14.6. The second-order valence-electron chi connectivity index (χ2n) is 5.05. The minimum atomic E-state index is -1.02. The molecule has 0 aliphatic carbocycles. The summed E-state index contributed by atoms with van der Waals surface area (Å²) in [5.41, 5.74) is 1.13. The Bertz CT molecular complexity index is 622. The van der Waals surface area contributed by atoms with Gasteiger partial charge in [-0.2, -0.15) is 0 Å². The fourth-order valence-electron chi connectivity index (χ4n) is 1.94. The third-order valence-corrected chi connectivity index (χ3v) is 3.34.